The summed E-state index contributed by atoms with van der Waals surface area (Å²) in [5.74, 6) is 0.809. The Kier molecular flexibility index (Phi) is 8.45. The van der Waals surface area contributed by atoms with Gasteiger partial charge in [0.1, 0.15) is 5.82 Å². The summed E-state index contributed by atoms with van der Waals surface area (Å²) in [5.41, 5.74) is 18.9. The highest BCUT2D eigenvalue weighted by molar-refractivity contribution is 5.85. The van der Waals surface area contributed by atoms with E-state index >= 15 is 0 Å². The van der Waals surface area contributed by atoms with Gasteiger partial charge in [0.15, 0.2) is 0 Å². The minimum atomic E-state index is -0.252. The van der Waals surface area contributed by atoms with E-state index in [9.17, 15) is 9.59 Å². The zero-order valence-electron chi connectivity index (χ0n) is 23.0. The molecule has 6 N–H and O–H groups in total. The van der Waals surface area contributed by atoms with Crippen molar-refractivity contribution in [1.29, 1.82) is 0 Å². The normalized spacial score (nSPS) is 16.1. The SMILES string of the molecule is CC(=O)NCCc1c(C2CCCN(C(=O)CC(N)Cc3ccc(-c4ccc(N)nc4)cc3)C2)[nH]c2ccccc12. The number of nitrogens with two attached hydrogens (primary N) is 2. The molecule has 0 radical (unpaired) electrons. The molecule has 1 aliphatic rings. The molecule has 208 valence electrons. The van der Waals surface area contributed by atoms with E-state index in [0.717, 1.165) is 48.0 Å². The summed E-state index contributed by atoms with van der Waals surface area (Å²) >= 11 is 0. The van der Waals surface area contributed by atoms with Gasteiger partial charge in [-0.2, -0.15) is 0 Å². The third kappa shape index (κ3) is 6.51. The predicted octanol–water partition coefficient (Wildman–Crippen LogP) is 4.16. The fourth-order valence-corrected chi connectivity index (χ4v) is 5.78. The van der Waals surface area contributed by atoms with E-state index in [1.165, 1.54) is 16.6 Å². The van der Waals surface area contributed by atoms with Crippen LogP contribution in [0.1, 0.15) is 48.9 Å². The number of rotatable bonds is 9. The molecule has 4 aromatic rings. The van der Waals surface area contributed by atoms with Crippen molar-refractivity contribution in [2.24, 2.45) is 5.73 Å². The average Bonchev–Trinajstić information content (AvgIpc) is 3.32. The zero-order chi connectivity index (χ0) is 28.1. The quantitative estimate of drug-likeness (QED) is 0.254. The number of nitrogens with zero attached hydrogens (tertiary/aromatic N) is 2. The average molecular weight is 539 g/mol. The van der Waals surface area contributed by atoms with Gasteiger partial charge in [-0.3, -0.25) is 9.59 Å². The number of anilines is 1. The number of aromatic amines is 1. The van der Waals surface area contributed by atoms with Crippen molar-refractivity contribution in [2.75, 3.05) is 25.4 Å². The molecule has 2 aromatic heterocycles. The van der Waals surface area contributed by atoms with Crippen LogP contribution in [0.2, 0.25) is 0 Å². The highest BCUT2D eigenvalue weighted by atomic mass is 16.2. The van der Waals surface area contributed by atoms with Gasteiger partial charge in [-0.1, -0.05) is 42.5 Å². The first-order chi connectivity index (χ1) is 19.4. The molecule has 2 atom stereocenters. The van der Waals surface area contributed by atoms with Gasteiger partial charge >= 0.3 is 0 Å². The molecule has 1 saturated heterocycles. The second kappa shape index (κ2) is 12.3. The minimum Gasteiger partial charge on any atom is -0.384 e. The Morgan fingerprint density at radius 2 is 1.88 bits per heavy atom. The molecule has 2 unspecified atom stereocenters. The van der Waals surface area contributed by atoms with E-state index in [1.807, 2.05) is 23.1 Å². The molecule has 1 fully saturated rings. The molecule has 0 spiro atoms. The highest BCUT2D eigenvalue weighted by Gasteiger charge is 2.28. The maximum atomic E-state index is 13.3. The first-order valence-electron chi connectivity index (χ1n) is 14.1. The van der Waals surface area contributed by atoms with Crippen LogP contribution in [0, 0.1) is 0 Å². The number of piperidine rings is 1. The third-order valence-electron chi connectivity index (χ3n) is 7.79. The summed E-state index contributed by atoms with van der Waals surface area (Å²) in [6.45, 7) is 3.57. The van der Waals surface area contributed by atoms with Crippen molar-refractivity contribution < 1.29 is 9.59 Å². The summed E-state index contributed by atoms with van der Waals surface area (Å²) in [6, 6.07) is 20.0. The lowest BCUT2D eigenvalue weighted by molar-refractivity contribution is -0.132. The van der Waals surface area contributed by atoms with Crippen LogP contribution in [-0.4, -0.2) is 52.4 Å². The Labute approximate surface area is 235 Å². The molecule has 0 aliphatic carbocycles. The van der Waals surface area contributed by atoms with E-state index in [0.29, 0.717) is 31.7 Å². The molecule has 8 nitrogen and oxygen atoms in total. The molecule has 40 heavy (non-hydrogen) atoms. The number of pyridine rings is 1. The first kappa shape index (κ1) is 27.4. The minimum absolute atomic E-state index is 0.0257. The van der Waals surface area contributed by atoms with Crippen molar-refractivity contribution in [3.05, 3.63) is 83.7 Å². The number of aromatic nitrogens is 2. The van der Waals surface area contributed by atoms with Gasteiger partial charge in [-0.05, 0) is 60.6 Å². The zero-order valence-corrected chi connectivity index (χ0v) is 23.0. The molecule has 2 amide bonds. The molecule has 1 aliphatic heterocycles. The maximum Gasteiger partial charge on any atom is 0.224 e. The fourth-order valence-electron chi connectivity index (χ4n) is 5.78. The van der Waals surface area contributed by atoms with Gasteiger partial charge in [-0.15, -0.1) is 0 Å². The van der Waals surface area contributed by atoms with E-state index in [2.05, 4.69) is 51.7 Å². The van der Waals surface area contributed by atoms with Crippen molar-refractivity contribution in [3.63, 3.8) is 0 Å². The number of hydrogen-bond donors (Lipinski definition) is 4. The topological polar surface area (TPSA) is 130 Å². The number of hydrogen-bond acceptors (Lipinski definition) is 5. The standard InChI is InChI=1S/C32H38N6O2/c1-21(39)35-15-14-28-27-6-2-3-7-29(27)37-32(28)25-5-4-16-38(20-25)31(40)18-26(33)17-22-8-10-23(11-9-22)24-12-13-30(34)36-19-24/h2-3,6-13,19,25-26,37H,4-5,14-18,20,33H2,1H3,(H2,34,36)(H,35,39). The Morgan fingerprint density at radius 3 is 2.62 bits per heavy atom. The number of carbonyl (C=O) groups is 2. The molecular formula is C32H38N6O2. The van der Waals surface area contributed by atoms with Crippen LogP contribution < -0.4 is 16.8 Å². The van der Waals surface area contributed by atoms with Crippen LogP contribution in [0.5, 0.6) is 0 Å². The van der Waals surface area contributed by atoms with E-state index in [1.54, 1.807) is 19.2 Å². The second-order valence-corrected chi connectivity index (χ2v) is 10.8. The van der Waals surface area contributed by atoms with Crippen molar-refractivity contribution >= 4 is 28.5 Å². The van der Waals surface area contributed by atoms with Gasteiger partial charge in [0.25, 0.3) is 0 Å². The van der Waals surface area contributed by atoms with Gasteiger partial charge in [0, 0.05) is 73.3 Å². The lowest BCUT2D eigenvalue weighted by Gasteiger charge is -2.33. The largest absolute Gasteiger partial charge is 0.384 e. The van der Waals surface area contributed by atoms with Gasteiger partial charge in [0.2, 0.25) is 11.8 Å². The van der Waals surface area contributed by atoms with Crippen LogP contribution in [0.25, 0.3) is 22.0 Å². The molecule has 2 aromatic carbocycles. The monoisotopic (exact) mass is 538 g/mol. The number of nitrogens with one attached hydrogen (secondary N) is 2. The smallest absolute Gasteiger partial charge is 0.224 e. The summed E-state index contributed by atoms with van der Waals surface area (Å²) in [6.07, 6.45) is 5.45. The number of benzene rings is 2. The maximum absolute atomic E-state index is 13.3. The number of fused-ring (bicyclic) bond motifs is 1. The van der Waals surface area contributed by atoms with Crippen LogP contribution in [0.15, 0.2) is 66.9 Å². The predicted molar refractivity (Wildman–Crippen MR) is 160 cm³/mol. The summed E-state index contributed by atoms with van der Waals surface area (Å²) in [4.78, 5) is 34.5. The number of nitrogen functional groups attached to an aromatic ring is 1. The lowest BCUT2D eigenvalue weighted by atomic mass is 9.90. The number of H-pyrrole nitrogens is 1. The van der Waals surface area contributed by atoms with E-state index in [4.69, 9.17) is 11.5 Å². The summed E-state index contributed by atoms with van der Waals surface area (Å²) in [5, 5.41) is 4.11. The molecule has 0 bridgehead atoms. The molecular weight excluding hydrogens is 500 g/mol. The molecule has 8 heteroatoms. The van der Waals surface area contributed by atoms with E-state index in [-0.39, 0.29) is 23.8 Å². The van der Waals surface area contributed by atoms with Crippen LogP contribution >= 0.6 is 0 Å². The second-order valence-electron chi connectivity index (χ2n) is 10.8. The highest BCUT2D eigenvalue weighted by Crippen LogP contribution is 2.33. The third-order valence-corrected chi connectivity index (χ3v) is 7.79. The summed E-state index contributed by atoms with van der Waals surface area (Å²) in [7, 11) is 0. The number of likely N-dealkylation sites (tertiary alicyclic amines) is 1. The molecule has 5 rings (SSSR count). The summed E-state index contributed by atoms with van der Waals surface area (Å²) < 4.78 is 0. The molecule has 0 saturated carbocycles. The first-order valence-corrected chi connectivity index (χ1v) is 14.1. The number of amides is 2. The van der Waals surface area contributed by atoms with Crippen molar-refractivity contribution in [3.8, 4) is 11.1 Å². The lowest BCUT2D eigenvalue weighted by Crippen LogP contribution is -2.42. The van der Waals surface area contributed by atoms with E-state index < -0.39 is 0 Å². The fraction of sp³-hybridized carbons (Fsp3) is 0.344. The van der Waals surface area contributed by atoms with Gasteiger partial charge in [0.05, 0.1) is 0 Å². The molecule has 3 heterocycles. The van der Waals surface area contributed by atoms with Crippen LogP contribution in [0.4, 0.5) is 5.82 Å². The van der Waals surface area contributed by atoms with Crippen LogP contribution in [0.3, 0.4) is 0 Å². The van der Waals surface area contributed by atoms with Gasteiger partial charge < -0.3 is 26.7 Å². The van der Waals surface area contributed by atoms with Crippen LogP contribution in [-0.2, 0) is 22.4 Å². The van der Waals surface area contributed by atoms with Gasteiger partial charge in [-0.25, -0.2) is 4.98 Å². The number of carbonyl (C=O) groups excluding carboxylic acids is 2. The van der Waals surface area contributed by atoms with Crippen molar-refractivity contribution in [2.45, 2.75) is 51.0 Å². The Hall–Kier alpha value is -4.17. The van der Waals surface area contributed by atoms with Crippen molar-refractivity contribution in [1.82, 2.24) is 20.2 Å². The Bertz CT molecular complexity index is 1460. The Morgan fingerprint density at radius 1 is 1.10 bits per heavy atom. The Balaban J connectivity index is 1.21. The number of para-hydroxylation sites is 1.